The molecule has 2 rings (SSSR count). The molecule has 0 bridgehead atoms. The molecule has 0 heterocycles. The minimum atomic E-state index is 0.135. The molecule has 0 fully saturated rings. The summed E-state index contributed by atoms with van der Waals surface area (Å²) in [6.45, 7) is 4.72. The molecule has 16 heavy (non-hydrogen) atoms. The van der Waals surface area contributed by atoms with Gasteiger partial charge < -0.3 is 4.74 Å². The van der Waals surface area contributed by atoms with Crippen LogP contribution in [0.3, 0.4) is 0 Å². The zero-order valence-electron chi connectivity index (χ0n) is 9.90. The molecule has 0 saturated heterocycles. The maximum atomic E-state index is 12.0. The predicted molar refractivity (Wildman–Crippen MR) is 63.7 cm³/mol. The Kier molecular flexibility index (Phi) is 3.39. The molecule has 1 unspecified atom stereocenters. The standard InChI is InChI=1S/C14H18O2/c1-10(2)16-8-7-12-9-11-5-3-4-6-13(11)14(12)15/h3-6,10,12H,7-9H2,1-2H3. The summed E-state index contributed by atoms with van der Waals surface area (Å²) in [5, 5.41) is 0. The van der Waals surface area contributed by atoms with E-state index in [2.05, 4.69) is 6.07 Å². The van der Waals surface area contributed by atoms with Crippen LogP contribution in [-0.2, 0) is 11.2 Å². The maximum absolute atomic E-state index is 12.0. The molecule has 1 aliphatic rings. The fourth-order valence-corrected chi connectivity index (χ4v) is 2.20. The average Bonchev–Trinajstić information content (AvgIpc) is 2.56. The maximum Gasteiger partial charge on any atom is 0.166 e. The van der Waals surface area contributed by atoms with Gasteiger partial charge in [0.1, 0.15) is 0 Å². The fraction of sp³-hybridized carbons (Fsp3) is 0.500. The van der Waals surface area contributed by atoms with Gasteiger partial charge in [-0.25, -0.2) is 0 Å². The number of fused-ring (bicyclic) bond motifs is 1. The first-order valence-electron chi connectivity index (χ1n) is 5.92. The van der Waals surface area contributed by atoms with E-state index >= 15 is 0 Å². The molecule has 2 nitrogen and oxygen atoms in total. The van der Waals surface area contributed by atoms with Gasteiger partial charge in [0.2, 0.25) is 0 Å². The molecular weight excluding hydrogens is 200 g/mol. The van der Waals surface area contributed by atoms with Crippen LogP contribution in [0, 0.1) is 5.92 Å². The highest BCUT2D eigenvalue weighted by molar-refractivity contribution is 6.02. The molecule has 0 spiro atoms. The second-order valence-corrected chi connectivity index (χ2v) is 4.63. The summed E-state index contributed by atoms with van der Waals surface area (Å²) in [5.74, 6) is 0.430. The number of ether oxygens (including phenoxy) is 1. The van der Waals surface area contributed by atoms with Crippen molar-refractivity contribution in [2.45, 2.75) is 32.8 Å². The largest absolute Gasteiger partial charge is 0.379 e. The number of hydrogen-bond acceptors (Lipinski definition) is 2. The van der Waals surface area contributed by atoms with Gasteiger partial charge in [-0.1, -0.05) is 24.3 Å². The third-order valence-corrected chi connectivity index (χ3v) is 3.04. The number of ketones is 1. The van der Waals surface area contributed by atoms with Crippen molar-refractivity contribution in [3.8, 4) is 0 Å². The van der Waals surface area contributed by atoms with E-state index in [-0.39, 0.29) is 12.0 Å². The van der Waals surface area contributed by atoms with Crippen molar-refractivity contribution in [2.24, 2.45) is 5.92 Å². The number of carbonyl (C=O) groups excluding carboxylic acids is 1. The van der Waals surface area contributed by atoms with Crippen LogP contribution >= 0.6 is 0 Å². The van der Waals surface area contributed by atoms with Gasteiger partial charge >= 0.3 is 0 Å². The van der Waals surface area contributed by atoms with Crippen molar-refractivity contribution in [2.75, 3.05) is 6.61 Å². The molecule has 1 atom stereocenters. The molecule has 0 aliphatic heterocycles. The van der Waals surface area contributed by atoms with Gasteiger partial charge in [-0.3, -0.25) is 4.79 Å². The van der Waals surface area contributed by atoms with Crippen LogP contribution in [0.5, 0.6) is 0 Å². The highest BCUT2D eigenvalue weighted by Gasteiger charge is 2.29. The first-order chi connectivity index (χ1) is 7.68. The van der Waals surface area contributed by atoms with E-state index in [4.69, 9.17) is 4.74 Å². The monoisotopic (exact) mass is 218 g/mol. The average molecular weight is 218 g/mol. The summed E-state index contributed by atoms with van der Waals surface area (Å²) < 4.78 is 5.50. The molecule has 0 aromatic heterocycles. The van der Waals surface area contributed by atoms with Crippen molar-refractivity contribution in [3.05, 3.63) is 35.4 Å². The van der Waals surface area contributed by atoms with Gasteiger partial charge in [0.25, 0.3) is 0 Å². The Bertz CT molecular complexity index is 382. The minimum absolute atomic E-state index is 0.135. The second kappa shape index (κ2) is 4.79. The summed E-state index contributed by atoms with van der Waals surface area (Å²) >= 11 is 0. The van der Waals surface area contributed by atoms with Crippen LogP contribution in [0.4, 0.5) is 0 Å². The Balaban J connectivity index is 1.94. The quantitative estimate of drug-likeness (QED) is 0.776. The molecule has 1 aliphatic carbocycles. The number of carbonyl (C=O) groups is 1. The Labute approximate surface area is 96.6 Å². The van der Waals surface area contributed by atoms with Crippen molar-refractivity contribution in [1.82, 2.24) is 0 Å². The smallest absolute Gasteiger partial charge is 0.166 e. The van der Waals surface area contributed by atoms with E-state index < -0.39 is 0 Å². The fourth-order valence-electron chi connectivity index (χ4n) is 2.20. The van der Waals surface area contributed by atoms with Crippen molar-refractivity contribution < 1.29 is 9.53 Å². The summed E-state index contributed by atoms with van der Waals surface area (Å²) in [6, 6.07) is 7.92. The lowest BCUT2D eigenvalue weighted by Gasteiger charge is -2.10. The molecule has 0 N–H and O–H groups in total. The summed E-state index contributed by atoms with van der Waals surface area (Å²) in [4.78, 5) is 12.0. The van der Waals surface area contributed by atoms with Gasteiger partial charge in [0.15, 0.2) is 5.78 Å². The van der Waals surface area contributed by atoms with Crippen LogP contribution in [0.25, 0.3) is 0 Å². The number of hydrogen-bond donors (Lipinski definition) is 0. The Morgan fingerprint density at radius 1 is 1.38 bits per heavy atom. The van der Waals surface area contributed by atoms with Gasteiger partial charge in [0, 0.05) is 18.1 Å². The molecule has 2 heteroatoms. The number of benzene rings is 1. The Morgan fingerprint density at radius 3 is 2.81 bits per heavy atom. The van der Waals surface area contributed by atoms with Gasteiger partial charge in [-0.15, -0.1) is 0 Å². The van der Waals surface area contributed by atoms with Gasteiger partial charge in [-0.05, 0) is 32.3 Å². The second-order valence-electron chi connectivity index (χ2n) is 4.63. The molecule has 0 amide bonds. The van der Waals surface area contributed by atoms with E-state index in [0.717, 1.165) is 18.4 Å². The van der Waals surface area contributed by atoms with E-state index in [1.165, 1.54) is 5.56 Å². The van der Waals surface area contributed by atoms with Crippen LogP contribution < -0.4 is 0 Å². The third-order valence-electron chi connectivity index (χ3n) is 3.04. The third kappa shape index (κ3) is 2.33. The zero-order chi connectivity index (χ0) is 11.5. The van der Waals surface area contributed by atoms with Crippen molar-refractivity contribution in [1.29, 1.82) is 0 Å². The van der Waals surface area contributed by atoms with Gasteiger partial charge in [-0.2, -0.15) is 0 Å². The molecule has 1 aromatic rings. The summed E-state index contributed by atoms with van der Waals surface area (Å²) in [5.41, 5.74) is 2.11. The summed E-state index contributed by atoms with van der Waals surface area (Å²) in [7, 11) is 0. The lowest BCUT2D eigenvalue weighted by Crippen LogP contribution is -2.14. The number of rotatable bonds is 4. The molecule has 0 saturated carbocycles. The van der Waals surface area contributed by atoms with E-state index in [1.807, 2.05) is 32.0 Å². The molecular formula is C14H18O2. The van der Waals surface area contributed by atoms with Crippen LogP contribution in [-0.4, -0.2) is 18.5 Å². The Morgan fingerprint density at radius 2 is 2.12 bits per heavy atom. The van der Waals surface area contributed by atoms with E-state index in [0.29, 0.717) is 12.4 Å². The van der Waals surface area contributed by atoms with Crippen LogP contribution in [0.1, 0.15) is 36.2 Å². The first-order valence-corrected chi connectivity index (χ1v) is 5.92. The lowest BCUT2D eigenvalue weighted by molar-refractivity contribution is 0.0638. The summed E-state index contributed by atoms with van der Waals surface area (Å²) in [6.07, 6.45) is 1.97. The SMILES string of the molecule is CC(C)OCCC1Cc2ccccc2C1=O. The molecule has 0 radical (unpaired) electrons. The van der Waals surface area contributed by atoms with E-state index in [1.54, 1.807) is 0 Å². The van der Waals surface area contributed by atoms with Crippen molar-refractivity contribution >= 4 is 5.78 Å². The predicted octanol–water partition coefficient (Wildman–Crippen LogP) is 2.86. The topological polar surface area (TPSA) is 26.3 Å². The first kappa shape index (κ1) is 11.3. The normalized spacial score (nSPS) is 19.2. The highest BCUT2D eigenvalue weighted by Crippen LogP contribution is 2.28. The molecule has 1 aromatic carbocycles. The van der Waals surface area contributed by atoms with Gasteiger partial charge in [0.05, 0.1) is 6.10 Å². The van der Waals surface area contributed by atoms with Crippen molar-refractivity contribution in [3.63, 3.8) is 0 Å². The number of Topliss-reactive ketones (excluding diaryl/α,β-unsaturated/α-hetero) is 1. The van der Waals surface area contributed by atoms with Crippen LogP contribution in [0.15, 0.2) is 24.3 Å². The highest BCUT2D eigenvalue weighted by atomic mass is 16.5. The minimum Gasteiger partial charge on any atom is -0.379 e. The van der Waals surface area contributed by atoms with Crippen LogP contribution in [0.2, 0.25) is 0 Å². The Hall–Kier alpha value is -1.15. The zero-order valence-corrected chi connectivity index (χ0v) is 9.90. The van der Waals surface area contributed by atoms with E-state index in [9.17, 15) is 4.79 Å². The molecule has 86 valence electrons. The lowest BCUT2D eigenvalue weighted by atomic mass is 10.0.